The van der Waals surface area contributed by atoms with Crippen molar-refractivity contribution in [1.29, 1.82) is 0 Å². The summed E-state index contributed by atoms with van der Waals surface area (Å²) in [5, 5.41) is 0. The van der Waals surface area contributed by atoms with E-state index in [0.717, 1.165) is 11.1 Å². The summed E-state index contributed by atoms with van der Waals surface area (Å²) in [6, 6.07) is 26.8. The summed E-state index contributed by atoms with van der Waals surface area (Å²) < 4.78 is 0. The van der Waals surface area contributed by atoms with Crippen LogP contribution >= 0.6 is 0 Å². The number of aryl methyl sites for hydroxylation is 3. The number of rotatable bonds is 1. The largest absolute Gasteiger partial charge is 0.0874 e. The summed E-state index contributed by atoms with van der Waals surface area (Å²) in [7, 11) is 0. The molecule has 0 spiro atoms. The van der Waals surface area contributed by atoms with E-state index in [9.17, 15) is 0 Å². The molecule has 0 amide bonds. The maximum absolute atomic E-state index is 3.16. The van der Waals surface area contributed by atoms with Crippen molar-refractivity contribution in [2.24, 2.45) is 0 Å². The van der Waals surface area contributed by atoms with Crippen molar-refractivity contribution in [2.45, 2.75) is 55.4 Å². The van der Waals surface area contributed by atoms with Gasteiger partial charge in [0.2, 0.25) is 0 Å². The third-order valence-corrected chi connectivity index (χ3v) is 4.28. The molecule has 0 radical (unpaired) electrons. The first-order valence-electron chi connectivity index (χ1n) is 11.4. The van der Waals surface area contributed by atoms with Crippen LogP contribution in [0, 0.1) is 32.6 Å². The van der Waals surface area contributed by atoms with Crippen LogP contribution in [-0.4, -0.2) is 0 Å². The van der Waals surface area contributed by atoms with E-state index in [-0.39, 0.29) is 0 Å². The van der Waals surface area contributed by atoms with Crippen LogP contribution < -0.4 is 0 Å². The molecule has 0 aliphatic carbocycles. The molecule has 0 nitrogen and oxygen atoms in total. The molecule has 32 heavy (non-hydrogen) atoms. The fourth-order valence-corrected chi connectivity index (χ4v) is 2.31. The molecule has 0 aromatic heterocycles. The lowest BCUT2D eigenvalue weighted by Crippen LogP contribution is -1.77. The summed E-state index contributed by atoms with van der Waals surface area (Å²) in [5.41, 5.74) is 7.30. The average molecular weight is 425 g/mol. The molecule has 168 valence electrons. The Kier molecular flexibility index (Phi) is 16.6. The minimum atomic E-state index is 1.06. The van der Waals surface area contributed by atoms with Crippen LogP contribution in [0.1, 0.15) is 62.4 Å². The zero-order chi connectivity index (χ0) is 24.2. The van der Waals surface area contributed by atoms with Crippen LogP contribution in [0.2, 0.25) is 0 Å². The summed E-state index contributed by atoms with van der Waals surface area (Å²) in [6.45, 7) is 16.4. The van der Waals surface area contributed by atoms with Gasteiger partial charge in [-0.3, -0.25) is 0 Å². The van der Waals surface area contributed by atoms with Gasteiger partial charge in [-0.05, 0) is 65.8 Å². The number of hydrogen-bond donors (Lipinski definition) is 0. The zero-order valence-corrected chi connectivity index (χ0v) is 21.2. The Labute approximate surface area is 197 Å². The summed E-state index contributed by atoms with van der Waals surface area (Å²) in [6.07, 6.45) is 6.20. The van der Waals surface area contributed by atoms with Gasteiger partial charge in [0.1, 0.15) is 0 Å². The molecule has 0 saturated heterocycles. The Morgan fingerprint density at radius 2 is 0.969 bits per heavy atom. The van der Waals surface area contributed by atoms with Crippen LogP contribution in [0.5, 0.6) is 0 Å². The highest BCUT2D eigenvalue weighted by molar-refractivity contribution is 5.43. The average Bonchev–Trinajstić information content (AvgIpc) is 2.82. The fourth-order valence-electron chi connectivity index (χ4n) is 2.31. The standard InChI is InChI=1S/C16H14.C7H8.C7H12.C2H6/c1-13-3-7-15(8-4-13)11-12-16-9-5-14(2)6-10-16;1-7-5-3-2-4-6-7;1-4-6-7(3)5-2;1-2/h3-10H,1-2H3;2-6H,1H3;4-6H,1-3H3;1-2H3/b;;6-4-,7-5-;. The first-order chi connectivity index (χ1) is 15.4. The van der Waals surface area contributed by atoms with Gasteiger partial charge >= 0.3 is 0 Å². The van der Waals surface area contributed by atoms with Gasteiger partial charge in [0.25, 0.3) is 0 Å². The lowest BCUT2D eigenvalue weighted by atomic mass is 10.1. The molecule has 0 atom stereocenters. The van der Waals surface area contributed by atoms with E-state index in [4.69, 9.17) is 0 Å². The molecule has 0 heteroatoms. The minimum absolute atomic E-state index is 1.06. The maximum Gasteiger partial charge on any atom is 0.0249 e. The first-order valence-corrected chi connectivity index (χ1v) is 11.4. The van der Waals surface area contributed by atoms with Crippen LogP contribution in [0.4, 0.5) is 0 Å². The van der Waals surface area contributed by atoms with Crippen molar-refractivity contribution in [1.82, 2.24) is 0 Å². The van der Waals surface area contributed by atoms with Gasteiger partial charge in [0, 0.05) is 11.1 Å². The molecule has 0 aliphatic rings. The normalized spacial score (nSPS) is 9.69. The SMILES string of the molecule is C/C=C\C(C)=C/C.CC.Cc1ccc(C#Cc2ccc(C)cc2)cc1.Cc1ccccc1. The lowest BCUT2D eigenvalue weighted by Gasteiger charge is -1.93. The van der Waals surface area contributed by atoms with Gasteiger partial charge in [-0.25, -0.2) is 0 Å². The third kappa shape index (κ3) is 14.6. The van der Waals surface area contributed by atoms with Gasteiger partial charge in [-0.2, -0.15) is 0 Å². The minimum Gasteiger partial charge on any atom is -0.0874 e. The molecule has 3 aromatic carbocycles. The van der Waals surface area contributed by atoms with E-state index >= 15 is 0 Å². The van der Waals surface area contributed by atoms with Gasteiger partial charge in [-0.15, -0.1) is 0 Å². The number of allylic oxidation sites excluding steroid dienone is 4. The predicted molar refractivity (Wildman–Crippen MR) is 145 cm³/mol. The van der Waals surface area contributed by atoms with Crippen LogP contribution in [0.15, 0.2) is 103 Å². The van der Waals surface area contributed by atoms with E-state index in [1.807, 2.05) is 52.0 Å². The van der Waals surface area contributed by atoms with E-state index in [2.05, 4.69) is 112 Å². The number of benzene rings is 3. The topological polar surface area (TPSA) is 0 Å². The van der Waals surface area contributed by atoms with Crippen LogP contribution in [0.25, 0.3) is 0 Å². The first kappa shape index (κ1) is 28.7. The zero-order valence-electron chi connectivity index (χ0n) is 21.2. The molecule has 0 heterocycles. The third-order valence-electron chi connectivity index (χ3n) is 4.28. The molecule has 3 rings (SSSR count). The Morgan fingerprint density at radius 3 is 1.22 bits per heavy atom. The predicted octanol–water partition coefficient (Wildman–Crippen LogP) is 9.25. The molecular formula is C32H40. The molecule has 0 unspecified atom stereocenters. The summed E-state index contributed by atoms with van der Waals surface area (Å²) >= 11 is 0. The van der Waals surface area contributed by atoms with Crippen molar-refractivity contribution < 1.29 is 0 Å². The van der Waals surface area contributed by atoms with E-state index < -0.39 is 0 Å². The summed E-state index contributed by atoms with van der Waals surface area (Å²) in [4.78, 5) is 0. The molecule has 0 N–H and O–H groups in total. The molecule has 0 saturated carbocycles. The lowest BCUT2D eigenvalue weighted by molar-refractivity contribution is 1.45. The van der Waals surface area contributed by atoms with Gasteiger partial charge in [-0.1, -0.05) is 121 Å². The Hall–Kier alpha value is -3.30. The highest BCUT2D eigenvalue weighted by Gasteiger charge is 1.88. The van der Waals surface area contributed by atoms with E-state index in [0.29, 0.717) is 0 Å². The second-order valence-corrected chi connectivity index (χ2v) is 7.17. The summed E-state index contributed by atoms with van der Waals surface area (Å²) in [5.74, 6) is 6.32. The highest BCUT2D eigenvalue weighted by Crippen LogP contribution is 2.04. The molecular weight excluding hydrogens is 384 g/mol. The van der Waals surface area contributed by atoms with Crippen molar-refractivity contribution >= 4 is 0 Å². The van der Waals surface area contributed by atoms with Crippen molar-refractivity contribution in [2.75, 3.05) is 0 Å². The highest BCUT2D eigenvalue weighted by atomic mass is 13.9. The van der Waals surface area contributed by atoms with Crippen LogP contribution in [-0.2, 0) is 0 Å². The Morgan fingerprint density at radius 1 is 0.594 bits per heavy atom. The van der Waals surface area contributed by atoms with E-state index in [1.54, 1.807) is 0 Å². The Bertz CT molecular complexity index is 909. The van der Waals surface area contributed by atoms with Crippen molar-refractivity contribution in [3.05, 3.63) is 130 Å². The van der Waals surface area contributed by atoms with Crippen molar-refractivity contribution in [3.63, 3.8) is 0 Å². The molecule has 0 fully saturated rings. The second kappa shape index (κ2) is 18.5. The monoisotopic (exact) mass is 424 g/mol. The fraction of sp³-hybridized carbons (Fsp3) is 0.250. The molecule has 3 aromatic rings. The van der Waals surface area contributed by atoms with E-state index in [1.165, 1.54) is 22.3 Å². The Balaban J connectivity index is 0.000000501. The van der Waals surface area contributed by atoms with Gasteiger partial charge < -0.3 is 0 Å². The molecule has 0 aliphatic heterocycles. The quantitative estimate of drug-likeness (QED) is 0.270. The van der Waals surface area contributed by atoms with Gasteiger partial charge in [0.05, 0.1) is 0 Å². The smallest absolute Gasteiger partial charge is 0.0249 e. The van der Waals surface area contributed by atoms with Crippen LogP contribution in [0.3, 0.4) is 0 Å². The second-order valence-electron chi connectivity index (χ2n) is 7.17. The van der Waals surface area contributed by atoms with Gasteiger partial charge in [0.15, 0.2) is 0 Å². The maximum atomic E-state index is 3.16. The molecule has 0 bridgehead atoms. The number of hydrogen-bond acceptors (Lipinski definition) is 0. The van der Waals surface area contributed by atoms with Crippen molar-refractivity contribution in [3.8, 4) is 11.8 Å².